The third-order valence-electron chi connectivity index (χ3n) is 3.78. The third-order valence-corrected chi connectivity index (χ3v) is 3.78. The molecule has 2 amide bonds. The minimum atomic E-state index is -0.828. The van der Waals surface area contributed by atoms with E-state index in [1.165, 1.54) is 4.90 Å². The topological polar surface area (TPSA) is 74.7 Å². The molecule has 2 rings (SSSR count). The average Bonchev–Trinajstić information content (AvgIpc) is 2.72. The fraction of sp³-hybridized carbons (Fsp3) is 0.750. The Kier molecular flexibility index (Phi) is 2.72. The minimum Gasteiger partial charge on any atom is -0.481 e. The van der Waals surface area contributed by atoms with E-state index >= 15 is 0 Å². The first-order valence-electron chi connectivity index (χ1n) is 5.92. The van der Waals surface area contributed by atoms with Crippen LogP contribution in [0, 0.1) is 11.3 Å². The van der Waals surface area contributed by atoms with Crippen molar-refractivity contribution < 1.29 is 19.5 Å². The molecule has 1 aliphatic heterocycles. The van der Waals surface area contributed by atoms with E-state index in [0.717, 1.165) is 0 Å². The number of nitrogens with zero attached hydrogens (tertiary/aromatic N) is 1. The first-order chi connectivity index (χ1) is 7.83. The maximum absolute atomic E-state index is 12.1. The molecule has 0 radical (unpaired) electrons. The molecule has 2 fully saturated rings. The first kappa shape index (κ1) is 12.1. The number of carbonyl (C=O) groups is 3. The molecule has 2 atom stereocenters. The van der Waals surface area contributed by atoms with Gasteiger partial charge < -0.3 is 5.11 Å². The van der Waals surface area contributed by atoms with Gasteiger partial charge in [0.25, 0.3) is 0 Å². The summed E-state index contributed by atoms with van der Waals surface area (Å²) in [5.74, 6) is -1.55. The molecule has 5 heteroatoms. The van der Waals surface area contributed by atoms with Gasteiger partial charge in [0.2, 0.25) is 11.8 Å². The smallest absolute Gasteiger partial charge is 0.306 e. The van der Waals surface area contributed by atoms with Gasteiger partial charge in [0.1, 0.15) is 0 Å². The summed E-state index contributed by atoms with van der Waals surface area (Å²) in [5.41, 5.74) is -0.627. The van der Waals surface area contributed by atoms with Crippen LogP contribution in [0.4, 0.5) is 0 Å². The zero-order chi connectivity index (χ0) is 12.8. The number of amides is 2. The SMILES string of the molecule is CC1(C)CC(=O)N([C@H]2CC[C@@H](C(=O)O)C2)C1=O. The van der Waals surface area contributed by atoms with Gasteiger partial charge in [0, 0.05) is 12.5 Å². The van der Waals surface area contributed by atoms with Crippen molar-refractivity contribution in [2.45, 2.75) is 45.6 Å². The van der Waals surface area contributed by atoms with Gasteiger partial charge in [-0.05, 0) is 19.3 Å². The van der Waals surface area contributed by atoms with Crippen molar-refractivity contribution in [3.63, 3.8) is 0 Å². The summed E-state index contributed by atoms with van der Waals surface area (Å²) in [6.07, 6.45) is 1.81. The van der Waals surface area contributed by atoms with Gasteiger partial charge in [-0.25, -0.2) is 0 Å². The summed E-state index contributed by atoms with van der Waals surface area (Å²) in [7, 11) is 0. The van der Waals surface area contributed by atoms with Crippen molar-refractivity contribution in [3.05, 3.63) is 0 Å². The van der Waals surface area contributed by atoms with Crippen molar-refractivity contribution in [2.24, 2.45) is 11.3 Å². The Morgan fingerprint density at radius 3 is 2.41 bits per heavy atom. The number of carboxylic acids is 1. The molecule has 1 heterocycles. The third kappa shape index (κ3) is 1.94. The van der Waals surface area contributed by atoms with Crippen molar-refractivity contribution in [1.82, 2.24) is 4.90 Å². The van der Waals surface area contributed by atoms with Crippen LogP contribution in [0.25, 0.3) is 0 Å². The minimum absolute atomic E-state index is 0.154. The van der Waals surface area contributed by atoms with E-state index in [1.54, 1.807) is 13.8 Å². The molecular weight excluding hydrogens is 222 g/mol. The molecule has 0 unspecified atom stereocenters. The number of rotatable bonds is 2. The first-order valence-corrected chi connectivity index (χ1v) is 5.92. The number of hydrogen-bond acceptors (Lipinski definition) is 3. The molecule has 0 aromatic carbocycles. The summed E-state index contributed by atoms with van der Waals surface area (Å²) >= 11 is 0. The van der Waals surface area contributed by atoms with Crippen LogP contribution < -0.4 is 0 Å². The van der Waals surface area contributed by atoms with Crippen molar-refractivity contribution >= 4 is 17.8 Å². The second-order valence-corrected chi connectivity index (χ2v) is 5.63. The Morgan fingerprint density at radius 2 is 2.00 bits per heavy atom. The van der Waals surface area contributed by atoms with Gasteiger partial charge in [-0.1, -0.05) is 13.8 Å². The quantitative estimate of drug-likeness (QED) is 0.730. The van der Waals surface area contributed by atoms with E-state index in [9.17, 15) is 14.4 Å². The normalized spacial score (nSPS) is 32.2. The molecule has 0 bridgehead atoms. The lowest BCUT2D eigenvalue weighted by atomic mass is 9.92. The van der Waals surface area contributed by atoms with Crippen LogP contribution in [0.3, 0.4) is 0 Å². The Balaban J connectivity index is 2.12. The van der Waals surface area contributed by atoms with Gasteiger partial charge in [-0.2, -0.15) is 0 Å². The number of carboxylic acid groups (broad SMARTS) is 1. The van der Waals surface area contributed by atoms with Crippen LogP contribution >= 0.6 is 0 Å². The molecule has 1 aliphatic carbocycles. The van der Waals surface area contributed by atoms with Gasteiger partial charge >= 0.3 is 5.97 Å². The predicted molar refractivity (Wildman–Crippen MR) is 59.0 cm³/mol. The Hall–Kier alpha value is -1.39. The second-order valence-electron chi connectivity index (χ2n) is 5.63. The summed E-state index contributed by atoms with van der Waals surface area (Å²) < 4.78 is 0. The molecule has 0 aromatic heterocycles. The fourth-order valence-electron chi connectivity index (χ4n) is 2.76. The van der Waals surface area contributed by atoms with E-state index in [0.29, 0.717) is 19.3 Å². The standard InChI is InChI=1S/C12H17NO4/c1-12(2)6-9(14)13(11(12)17)8-4-3-7(5-8)10(15)16/h7-8H,3-6H2,1-2H3,(H,15,16)/t7-,8+/m1/s1. The average molecular weight is 239 g/mol. The number of likely N-dealkylation sites (tertiary alicyclic amines) is 1. The van der Waals surface area contributed by atoms with Gasteiger partial charge in [0.15, 0.2) is 0 Å². The summed E-state index contributed by atoms with van der Waals surface area (Å²) in [6, 6.07) is -0.210. The molecular formula is C12H17NO4. The van der Waals surface area contributed by atoms with Crippen LogP contribution in [-0.4, -0.2) is 33.8 Å². The Bertz CT molecular complexity index is 388. The van der Waals surface area contributed by atoms with Crippen LogP contribution in [0.1, 0.15) is 39.5 Å². The Morgan fingerprint density at radius 1 is 1.35 bits per heavy atom. The predicted octanol–water partition coefficient (Wildman–Crippen LogP) is 1.02. The maximum Gasteiger partial charge on any atom is 0.306 e. The highest BCUT2D eigenvalue weighted by Crippen LogP contribution is 2.38. The van der Waals surface area contributed by atoms with Gasteiger partial charge in [-0.3, -0.25) is 19.3 Å². The maximum atomic E-state index is 12.1. The Labute approximate surface area is 99.8 Å². The second kappa shape index (κ2) is 3.82. The zero-order valence-corrected chi connectivity index (χ0v) is 10.1. The van der Waals surface area contributed by atoms with Crippen molar-refractivity contribution in [1.29, 1.82) is 0 Å². The fourth-order valence-corrected chi connectivity index (χ4v) is 2.76. The van der Waals surface area contributed by atoms with Crippen LogP contribution in [0.15, 0.2) is 0 Å². The molecule has 0 spiro atoms. The summed E-state index contributed by atoms with van der Waals surface area (Å²) in [5, 5.41) is 8.92. The number of aliphatic carboxylic acids is 1. The lowest BCUT2D eigenvalue weighted by Gasteiger charge is -2.24. The molecule has 2 aliphatic rings. The van der Waals surface area contributed by atoms with Crippen molar-refractivity contribution in [2.75, 3.05) is 0 Å². The largest absolute Gasteiger partial charge is 0.481 e. The number of carbonyl (C=O) groups excluding carboxylic acids is 2. The summed E-state index contributed by atoms with van der Waals surface area (Å²) in [6.45, 7) is 3.52. The van der Waals surface area contributed by atoms with Crippen LogP contribution in [0.5, 0.6) is 0 Å². The van der Waals surface area contributed by atoms with E-state index in [-0.39, 0.29) is 24.3 Å². The van der Waals surface area contributed by atoms with Crippen LogP contribution in [0.2, 0.25) is 0 Å². The van der Waals surface area contributed by atoms with Crippen molar-refractivity contribution in [3.8, 4) is 0 Å². The molecule has 94 valence electrons. The highest BCUT2D eigenvalue weighted by Gasteiger charge is 2.49. The lowest BCUT2D eigenvalue weighted by Crippen LogP contribution is -2.40. The lowest BCUT2D eigenvalue weighted by molar-refractivity contribution is -0.145. The molecule has 1 saturated heterocycles. The zero-order valence-electron chi connectivity index (χ0n) is 10.1. The number of imide groups is 1. The molecule has 0 aromatic rings. The molecule has 5 nitrogen and oxygen atoms in total. The molecule has 1 N–H and O–H groups in total. The molecule has 1 saturated carbocycles. The van der Waals surface area contributed by atoms with E-state index in [1.807, 2.05) is 0 Å². The van der Waals surface area contributed by atoms with E-state index < -0.39 is 17.3 Å². The highest BCUT2D eigenvalue weighted by atomic mass is 16.4. The van der Waals surface area contributed by atoms with E-state index in [2.05, 4.69) is 0 Å². The van der Waals surface area contributed by atoms with Gasteiger partial charge in [0.05, 0.1) is 11.3 Å². The monoisotopic (exact) mass is 239 g/mol. The highest BCUT2D eigenvalue weighted by molar-refractivity contribution is 6.05. The van der Waals surface area contributed by atoms with E-state index in [4.69, 9.17) is 5.11 Å². The van der Waals surface area contributed by atoms with Crippen LogP contribution in [-0.2, 0) is 14.4 Å². The number of hydrogen-bond donors (Lipinski definition) is 1. The van der Waals surface area contributed by atoms with Gasteiger partial charge in [-0.15, -0.1) is 0 Å². The molecule has 17 heavy (non-hydrogen) atoms. The summed E-state index contributed by atoms with van der Waals surface area (Å²) in [4.78, 5) is 36.1.